The van der Waals surface area contributed by atoms with Crippen LogP contribution in [0.1, 0.15) is 32.8 Å². The number of nitrogens with zero attached hydrogens (tertiary/aromatic N) is 3. The molecule has 0 spiro atoms. The Hall–Kier alpha value is -2.34. The summed E-state index contributed by atoms with van der Waals surface area (Å²) in [5, 5.41) is 8.06. The van der Waals surface area contributed by atoms with Gasteiger partial charge in [0.15, 0.2) is 0 Å². The molecule has 28 heavy (non-hydrogen) atoms. The molecular weight excluding hydrogens is 352 g/mol. The van der Waals surface area contributed by atoms with Crippen LogP contribution in [0.25, 0.3) is 11.3 Å². The third-order valence-electron chi connectivity index (χ3n) is 5.11. The zero-order valence-corrected chi connectivity index (χ0v) is 17.7. The van der Waals surface area contributed by atoms with Crippen LogP contribution in [0.2, 0.25) is 0 Å². The monoisotopic (exact) mass is 384 g/mol. The highest BCUT2D eigenvalue weighted by molar-refractivity contribution is 5.71. The maximum absolute atomic E-state index is 12.6. The molecule has 0 saturated carbocycles. The van der Waals surface area contributed by atoms with Gasteiger partial charge in [0.1, 0.15) is 5.69 Å². The maximum Gasteiger partial charge on any atom is 0.290 e. The van der Waals surface area contributed by atoms with Crippen LogP contribution < -0.4 is 15.8 Å². The summed E-state index contributed by atoms with van der Waals surface area (Å²) in [5.74, 6) is 0. The fourth-order valence-corrected chi connectivity index (χ4v) is 3.35. The van der Waals surface area contributed by atoms with Crippen molar-refractivity contribution in [3.05, 3.63) is 40.2 Å². The zero-order chi connectivity index (χ0) is 20.3. The molecule has 0 unspecified atom stereocenters. The highest BCUT2D eigenvalue weighted by Crippen LogP contribution is 2.27. The Morgan fingerprint density at radius 1 is 1.18 bits per heavy atom. The van der Waals surface area contributed by atoms with Crippen LogP contribution in [-0.2, 0) is 11.8 Å². The number of hydrogen-bond acceptors (Lipinski definition) is 5. The number of aromatic nitrogens is 2. The van der Waals surface area contributed by atoms with Crippen LogP contribution in [-0.4, -0.2) is 42.6 Å². The average molecular weight is 385 g/mol. The summed E-state index contributed by atoms with van der Waals surface area (Å²) in [5.41, 5.74) is 5.01. The van der Waals surface area contributed by atoms with Gasteiger partial charge in [-0.05, 0) is 42.5 Å². The van der Waals surface area contributed by atoms with Gasteiger partial charge in [-0.15, -0.1) is 0 Å². The third-order valence-corrected chi connectivity index (χ3v) is 5.11. The van der Waals surface area contributed by atoms with E-state index in [4.69, 9.17) is 4.74 Å². The molecule has 6 heteroatoms. The summed E-state index contributed by atoms with van der Waals surface area (Å²) < 4.78 is 6.87. The molecule has 1 aliphatic heterocycles. The number of aryl methyl sites for hydroxylation is 2. The molecule has 0 aliphatic carbocycles. The van der Waals surface area contributed by atoms with Crippen molar-refractivity contribution >= 4 is 11.4 Å². The molecule has 3 rings (SSSR count). The fourth-order valence-electron chi connectivity index (χ4n) is 3.35. The van der Waals surface area contributed by atoms with E-state index in [1.165, 1.54) is 4.68 Å². The molecule has 6 nitrogen and oxygen atoms in total. The van der Waals surface area contributed by atoms with Gasteiger partial charge in [-0.2, -0.15) is 5.10 Å². The lowest BCUT2D eigenvalue weighted by molar-refractivity contribution is 0.122. The van der Waals surface area contributed by atoms with E-state index in [9.17, 15) is 4.79 Å². The van der Waals surface area contributed by atoms with Gasteiger partial charge in [0, 0.05) is 37.9 Å². The van der Waals surface area contributed by atoms with E-state index in [0.29, 0.717) is 24.3 Å². The molecule has 1 aromatic carbocycles. The topological polar surface area (TPSA) is 59.4 Å². The molecule has 0 radical (unpaired) electrons. The van der Waals surface area contributed by atoms with Crippen LogP contribution in [0.3, 0.4) is 0 Å². The Balaban J connectivity index is 1.91. The van der Waals surface area contributed by atoms with E-state index >= 15 is 0 Å². The number of anilines is 2. The predicted molar refractivity (Wildman–Crippen MR) is 115 cm³/mol. The summed E-state index contributed by atoms with van der Waals surface area (Å²) in [6.07, 6.45) is 1.09. The quantitative estimate of drug-likeness (QED) is 0.856. The fraction of sp³-hybridized carbons (Fsp3) is 0.545. The molecule has 2 heterocycles. The summed E-state index contributed by atoms with van der Waals surface area (Å²) in [6.45, 7) is 12.5. The first kappa shape index (κ1) is 20.4. The Labute approximate surface area is 167 Å². The summed E-state index contributed by atoms with van der Waals surface area (Å²) in [4.78, 5) is 14.7. The largest absolute Gasteiger partial charge is 0.385 e. The van der Waals surface area contributed by atoms with Crippen molar-refractivity contribution in [3.63, 3.8) is 0 Å². The van der Waals surface area contributed by atoms with Crippen molar-refractivity contribution in [2.75, 3.05) is 43.1 Å². The van der Waals surface area contributed by atoms with Gasteiger partial charge in [-0.1, -0.05) is 26.8 Å². The van der Waals surface area contributed by atoms with E-state index < -0.39 is 0 Å². The first-order chi connectivity index (χ1) is 13.2. The van der Waals surface area contributed by atoms with Crippen molar-refractivity contribution < 1.29 is 4.74 Å². The molecule has 0 amide bonds. The van der Waals surface area contributed by atoms with Gasteiger partial charge >= 0.3 is 0 Å². The number of morpholine rings is 1. The maximum atomic E-state index is 12.6. The van der Waals surface area contributed by atoms with E-state index in [2.05, 4.69) is 61.2 Å². The standard InChI is InChI=1S/C22H32N4O2/c1-16-6-7-17(23-9-8-22(2,3)4)14-18(16)19-15-20(21(27)25(5)24-19)26-10-12-28-13-11-26/h6-7,14-15,23H,8-13H2,1-5H3. The second-order valence-electron chi connectivity index (χ2n) is 8.71. The average Bonchev–Trinajstić information content (AvgIpc) is 2.65. The minimum absolute atomic E-state index is 0.0669. The smallest absolute Gasteiger partial charge is 0.290 e. The number of benzene rings is 1. The van der Waals surface area contributed by atoms with E-state index in [1.54, 1.807) is 7.05 Å². The van der Waals surface area contributed by atoms with Gasteiger partial charge in [-0.3, -0.25) is 4.79 Å². The van der Waals surface area contributed by atoms with Crippen LogP contribution in [0.15, 0.2) is 29.1 Å². The van der Waals surface area contributed by atoms with E-state index in [-0.39, 0.29) is 5.56 Å². The Kier molecular flexibility index (Phi) is 6.08. The minimum Gasteiger partial charge on any atom is -0.385 e. The molecular formula is C22H32N4O2. The Morgan fingerprint density at radius 3 is 2.57 bits per heavy atom. The van der Waals surface area contributed by atoms with E-state index in [1.807, 2.05) is 6.07 Å². The highest BCUT2D eigenvalue weighted by Gasteiger charge is 2.18. The molecule has 1 aliphatic rings. The predicted octanol–water partition coefficient (Wildman–Crippen LogP) is 3.44. The van der Waals surface area contributed by atoms with Crippen molar-refractivity contribution in [1.82, 2.24) is 9.78 Å². The van der Waals surface area contributed by atoms with Gasteiger partial charge < -0.3 is 15.0 Å². The normalized spacial score (nSPS) is 15.0. The number of ether oxygens (including phenoxy) is 1. The van der Waals surface area contributed by atoms with Crippen molar-refractivity contribution in [2.24, 2.45) is 12.5 Å². The molecule has 1 N–H and O–H groups in total. The first-order valence-electron chi connectivity index (χ1n) is 10.0. The summed E-state index contributed by atoms with van der Waals surface area (Å²) in [7, 11) is 1.72. The number of nitrogens with one attached hydrogen (secondary N) is 1. The molecule has 1 aromatic heterocycles. The number of hydrogen-bond donors (Lipinski definition) is 1. The minimum atomic E-state index is -0.0669. The summed E-state index contributed by atoms with van der Waals surface area (Å²) in [6, 6.07) is 8.27. The van der Waals surface area contributed by atoms with Gasteiger partial charge in [0.2, 0.25) is 0 Å². The second-order valence-corrected chi connectivity index (χ2v) is 8.71. The van der Waals surface area contributed by atoms with Crippen molar-refractivity contribution in [2.45, 2.75) is 34.1 Å². The lowest BCUT2D eigenvalue weighted by Gasteiger charge is -2.28. The Morgan fingerprint density at radius 2 is 1.89 bits per heavy atom. The van der Waals surface area contributed by atoms with Gasteiger partial charge in [0.25, 0.3) is 5.56 Å². The zero-order valence-electron chi connectivity index (χ0n) is 17.7. The molecule has 0 bridgehead atoms. The van der Waals surface area contributed by atoms with Crippen molar-refractivity contribution in [1.29, 1.82) is 0 Å². The van der Waals surface area contributed by atoms with Crippen molar-refractivity contribution in [3.8, 4) is 11.3 Å². The van der Waals surface area contributed by atoms with Crippen LogP contribution >= 0.6 is 0 Å². The molecule has 1 saturated heterocycles. The first-order valence-corrected chi connectivity index (χ1v) is 10.0. The van der Waals surface area contributed by atoms with E-state index in [0.717, 1.165) is 48.6 Å². The second kappa shape index (κ2) is 8.35. The number of rotatable bonds is 5. The van der Waals surface area contributed by atoms with Crippen LogP contribution in [0.4, 0.5) is 11.4 Å². The molecule has 1 fully saturated rings. The SMILES string of the molecule is Cc1ccc(NCCC(C)(C)C)cc1-c1cc(N2CCOCC2)c(=O)n(C)n1. The third kappa shape index (κ3) is 4.93. The van der Waals surface area contributed by atoms with Gasteiger partial charge in [0.05, 0.1) is 18.9 Å². The lowest BCUT2D eigenvalue weighted by Crippen LogP contribution is -2.40. The Bertz CT molecular complexity index is 877. The molecule has 152 valence electrons. The lowest BCUT2D eigenvalue weighted by atomic mass is 9.92. The highest BCUT2D eigenvalue weighted by atomic mass is 16.5. The van der Waals surface area contributed by atoms with Crippen LogP contribution in [0.5, 0.6) is 0 Å². The molecule has 0 atom stereocenters. The summed E-state index contributed by atoms with van der Waals surface area (Å²) >= 11 is 0. The van der Waals surface area contributed by atoms with Gasteiger partial charge in [-0.25, -0.2) is 4.68 Å². The van der Waals surface area contributed by atoms with Crippen LogP contribution in [0, 0.1) is 12.3 Å². The molecule has 2 aromatic rings.